The molecule has 2 aromatic rings. The van der Waals surface area contributed by atoms with Crippen LogP contribution in [-0.2, 0) is 23.6 Å². The van der Waals surface area contributed by atoms with E-state index in [9.17, 15) is 34.5 Å². The van der Waals surface area contributed by atoms with Crippen LogP contribution in [0.25, 0.3) is 11.0 Å². The normalized spacial score (nSPS) is 26.2. The van der Waals surface area contributed by atoms with Crippen LogP contribution in [0.1, 0.15) is 31.9 Å². The Balaban J connectivity index is 1.52. The number of nitrogens with one attached hydrogen (secondary N) is 1. The topological polar surface area (TPSA) is 239 Å². The van der Waals surface area contributed by atoms with Gasteiger partial charge in [0, 0.05) is 6.04 Å². The van der Waals surface area contributed by atoms with Crippen molar-refractivity contribution in [1.82, 2.24) is 19.7 Å². The van der Waals surface area contributed by atoms with E-state index in [0.29, 0.717) is 11.2 Å². The van der Waals surface area contributed by atoms with Gasteiger partial charge in [-0.15, -0.1) is 0 Å². The molecule has 212 valence electrons. The predicted octanol–water partition coefficient (Wildman–Crippen LogP) is -0.563. The van der Waals surface area contributed by atoms with Crippen LogP contribution in [-0.4, -0.2) is 112 Å². The molecule has 16 nitrogen and oxygen atoms in total. The Bertz CT molecular complexity index is 1190. The number of carbonyl (C=O) groups is 1. The first-order valence-electron chi connectivity index (χ1n) is 11.7. The van der Waals surface area contributed by atoms with Crippen molar-refractivity contribution in [2.75, 3.05) is 31.7 Å². The monoisotopic (exact) mass is 581 g/mol. The van der Waals surface area contributed by atoms with Crippen LogP contribution >= 0.6 is 19.2 Å². The molecule has 38 heavy (non-hydrogen) atoms. The van der Waals surface area contributed by atoms with Crippen LogP contribution in [0.4, 0.5) is 5.82 Å². The highest BCUT2D eigenvalue weighted by Gasteiger charge is 2.51. The number of carboxylic acids is 1. The van der Waals surface area contributed by atoms with Gasteiger partial charge in [0.25, 0.3) is 0 Å². The molecule has 0 radical (unpaired) electrons. The largest absolute Gasteiger partial charge is 0.480 e. The first-order chi connectivity index (χ1) is 18.0. The average Bonchev–Trinajstić information content (AvgIpc) is 3.56. The molecule has 1 saturated carbocycles. The minimum atomic E-state index is -5.22. The number of aliphatic hydroxyl groups excluding tert-OH is 3. The summed E-state index contributed by atoms with van der Waals surface area (Å²) in [5.74, 6) is -0.943. The molecule has 1 aliphatic heterocycles. The van der Waals surface area contributed by atoms with Crippen LogP contribution in [0, 0.1) is 0 Å². The first-order valence-corrected chi connectivity index (χ1v) is 13.7. The van der Waals surface area contributed by atoms with E-state index in [-0.39, 0.29) is 17.0 Å². The molecule has 1 saturated heterocycles. The highest BCUT2D eigenvalue weighted by atomic mass is 35.5. The Morgan fingerprint density at radius 1 is 1.26 bits per heavy atom. The molecule has 0 amide bonds. The van der Waals surface area contributed by atoms with Crippen molar-refractivity contribution in [3.63, 3.8) is 0 Å². The molecule has 1 aliphatic carbocycles. The number of aliphatic hydroxyl groups is 3. The number of nitrogens with zero attached hydrogens (tertiary/aromatic N) is 4. The quantitative estimate of drug-likeness (QED) is 0.123. The maximum absolute atomic E-state index is 12.1. The molecule has 2 fully saturated rings. The lowest BCUT2D eigenvalue weighted by Crippen LogP contribution is -2.45. The maximum atomic E-state index is 12.1. The van der Waals surface area contributed by atoms with Crippen molar-refractivity contribution in [3.05, 3.63) is 11.5 Å². The summed E-state index contributed by atoms with van der Waals surface area (Å²) in [6, 6.07) is 0.212. The van der Waals surface area contributed by atoms with E-state index in [2.05, 4.69) is 20.4 Å². The van der Waals surface area contributed by atoms with Gasteiger partial charge in [0.05, 0.1) is 31.4 Å². The third-order valence-corrected chi connectivity index (χ3v) is 8.18. The van der Waals surface area contributed by atoms with Crippen molar-refractivity contribution in [2.24, 2.45) is 0 Å². The van der Waals surface area contributed by atoms with E-state index in [0.717, 1.165) is 25.7 Å². The number of hydrogen-bond donors (Lipinski definition) is 7. The summed E-state index contributed by atoms with van der Waals surface area (Å²) in [5, 5.41) is 45.1. The molecule has 4 rings (SSSR count). The second-order valence-corrected chi connectivity index (χ2v) is 11.4. The third kappa shape index (κ3) is 5.94. The van der Waals surface area contributed by atoms with Gasteiger partial charge in [-0.3, -0.25) is 4.57 Å². The van der Waals surface area contributed by atoms with Crippen LogP contribution in [0.5, 0.6) is 0 Å². The predicted molar refractivity (Wildman–Crippen MR) is 128 cm³/mol. The summed E-state index contributed by atoms with van der Waals surface area (Å²) < 4.78 is 29.1. The molecule has 0 spiro atoms. The third-order valence-electron chi connectivity index (χ3n) is 6.55. The molecular formula is C20H29ClN5O11P. The van der Waals surface area contributed by atoms with Crippen molar-refractivity contribution in [3.8, 4) is 0 Å². The van der Waals surface area contributed by atoms with Gasteiger partial charge in [-0.1, -0.05) is 12.8 Å². The van der Waals surface area contributed by atoms with Gasteiger partial charge in [-0.25, -0.2) is 9.48 Å². The lowest BCUT2D eigenvalue weighted by molar-refractivity contribution is -0.150. The number of aliphatic carboxylic acids is 1. The maximum Gasteiger partial charge on any atom is 0.361 e. The number of fused-ring (bicyclic) bond motifs is 1. The number of rotatable bonds is 12. The summed E-state index contributed by atoms with van der Waals surface area (Å²) in [5.41, 5.74) is 0.213. The Morgan fingerprint density at radius 3 is 2.61 bits per heavy atom. The number of hydrogen-bond acceptors (Lipinski definition) is 12. The summed E-state index contributed by atoms with van der Waals surface area (Å²) in [4.78, 5) is 38.7. The molecule has 0 unspecified atom stereocenters. The Morgan fingerprint density at radius 2 is 1.97 bits per heavy atom. The lowest BCUT2D eigenvalue weighted by Gasteiger charge is -2.33. The molecule has 0 aromatic carbocycles. The highest BCUT2D eigenvalue weighted by molar-refractivity contribution is 7.53. The van der Waals surface area contributed by atoms with Gasteiger partial charge in [-0.05, 0) is 24.4 Å². The Kier molecular flexibility index (Phi) is 8.88. The van der Waals surface area contributed by atoms with E-state index in [1.165, 1.54) is 10.9 Å². The smallest absolute Gasteiger partial charge is 0.361 e. The standard InChI is InChI=1S/C20H29ClN5O11P/c21-19-24-16(23-10-3-1-2-4-10)11-5-22-26(17(11)25-19)18-15(31)14(30)12(37-18)6-36-20(8-27,38(32,33)34)9-35-7-13(28)29/h5,10,12,14-15,18,27,30-31H,1-4,6-9H2,(H,28,29)(H,23,24,25)(H2,32,33,34)/t12-,14-,15-,18-,20+/m1/s1. The highest BCUT2D eigenvalue weighted by Crippen LogP contribution is 2.51. The minimum Gasteiger partial charge on any atom is -0.480 e. The van der Waals surface area contributed by atoms with Crippen LogP contribution < -0.4 is 5.32 Å². The van der Waals surface area contributed by atoms with Gasteiger partial charge >= 0.3 is 13.6 Å². The summed E-state index contributed by atoms with van der Waals surface area (Å²) in [6.45, 7) is -3.81. The van der Waals surface area contributed by atoms with E-state index in [1.54, 1.807) is 0 Å². The van der Waals surface area contributed by atoms with Crippen LogP contribution in [0.3, 0.4) is 0 Å². The fourth-order valence-electron chi connectivity index (χ4n) is 4.46. The van der Waals surface area contributed by atoms with Gasteiger partial charge in [0.15, 0.2) is 11.9 Å². The second-order valence-electron chi connectivity index (χ2n) is 9.19. The number of halogens is 1. The zero-order chi connectivity index (χ0) is 27.7. The van der Waals surface area contributed by atoms with Crippen molar-refractivity contribution < 1.29 is 53.8 Å². The molecule has 7 N–H and O–H groups in total. The SMILES string of the molecule is O=C(O)COC[C@@](CO)(OC[C@H]1O[C@@H](n2ncc3c(NC4CCCC4)nc(Cl)nc32)[C@H](O)[C@@H]1O)P(=O)(O)O. The van der Waals surface area contributed by atoms with Crippen molar-refractivity contribution >= 4 is 42.0 Å². The van der Waals surface area contributed by atoms with E-state index >= 15 is 0 Å². The number of carboxylic acid groups (broad SMARTS) is 1. The lowest BCUT2D eigenvalue weighted by atomic mass is 10.1. The molecule has 2 aliphatic rings. The number of aromatic nitrogens is 4. The van der Waals surface area contributed by atoms with E-state index in [4.69, 9.17) is 30.9 Å². The van der Waals surface area contributed by atoms with Gasteiger partial charge in [0.1, 0.15) is 30.7 Å². The zero-order valence-corrected chi connectivity index (χ0v) is 21.6. The summed E-state index contributed by atoms with van der Waals surface area (Å²) in [6.07, 6.45) is -0.195. The van der Waals surface area contributed by atoms with Gasteiger partial charge in [0.2, 0.25) is 10.6 Å². The molecule has 5 atom stereocenters. The Hall–Kier alpha value is -1.98. The molecule has 3 heterocycles. The zero-order valence-electron chi connectivity index (χ0n) is 20.0. The van der Waals surface area contributed by atoms with Crippen molar-refractivity contribution in [2.45, 2.75) is 61.6 Å². The van der Waals surface area contributed by atoms with Crippen LogP contribution in [0.15, 0.2) is 6.20 Å². The summed E-state index contributed by atoms with van der Waals surface area (Å²) in [7, 11) is -5.22. The number of anilines is 1. The number of ether oxygens (including phenoxy) is 3. The fourth-order valence-corrected chi connectivity index (χ4v) is 5.31. The van der Waals surface area contributed by atoms with Crippen LogP contribution in [0.2, 0.25) is 5.28 Å². The second kappa shape index (κ2) is 11.6. The summed E-state index contributed by atoms with van der Waals surface area (Å²) >= 11 is 6.14. The Labute approximate surface area is 220 Å². The average molecular weight is 582 g/mol. The van der Waals surface area contributed by atoms with Gasteiger partial charge < -0.3 is 49.7 Å². The fraction of sp³-hybridized carbons (Fsp3) is 0.700. The molecule has 2 aromatic heterocycles. The van der Waals surface area contributed by atoms with Crippen molar-refractivity contribution in [1.29, 1.82) is 0 Å². The first kappa shape index (κ1) is 29.0. The van der Waals surface area contributed by atoms with Gasteiger partial charge in [-0.2, -0.15) is 15.1 Å². The van der Waals surface area contributed by atoms with E-state index < -0.39 is 69.9 Å². The molecular weight excluding hydrogens is 553 g/mol. The molecule has 0 bridgehead atoms. The minimum absolute atomic E-state index is 0.0802. The van der Waals surface area contributed by atoms with E-state index in [1.807, 2.05) is 0 Å². The molecule has 18 heteroatoms.